The molecule has 7 rings (SSSR count). The molecule has 0 spiro atoms. The predicted molar refractivity (Wildman–Crippen MR) is 201 cm³/mol. The van der Waals surface area contributed by atoms with Crippen molar-refractivity contribution in [1.82, 2.24) is 15.5 Å². The van der Waals surface area contributed by atoms with Gasteiger partial charge in [-0.25, -0.2) is 14.4 Å². The minimum Gasteiger partial charge on any atom is -0.445 e. The zero-order valence-electron chi connectivity index (χ0n) is 33.0. The molecule has 2 aromatic rings. The lowest BCUT2D eigenvalue weighted by Gasteiger charge is -2.51. The number of nitrogens with one attached hydrogen (secondary N) is 2. The number of rotatable bonds is 11. The van der Waals surface area contributed by atoms with Gasteiger partial charge >= 0.3 is 18.3 Å². The van der Waals surface area contributed by atoms with Crippen molar-refractivity contribution in [1.29, 1.82) is 0 Å². The van der Waals surface area contributed by atoms with E-state index in [2.05, 4.69) is 10.6 Å². The van der Waals surface area contributed by atoms with Crippen molar-refractivity contribution >= 4 is 18.3 Å². The Kier molecular flexibility index (Phi) is 13.4. The van der Waals surface area contributed by atoms with Crippen LogP contribution in [0, 0.1) is 17.8 Å². The molecule has 17 nitrogen and oxygen atoms in total. The molecule has 58 heavy (non-hydrogen) atoms. The highest BCUT2D eigenvalue weighted by Gasteiger charge is 2.60. The zero-order chi connectivity index (χ0) is 41.1. The maximum atomic E-state index is 13.2. The quantitative estimate of drug-likeness (QED) is 0.207. The van der Waals surface area contributed by atoms with Crippen LogP contribution in [0.15, 0.2) is 60.7 Å². The van der Waals surface area contributed by atoms with E-state index in [1.807, 2.05) is 57.2 Å². The van der Waals surface area contributed by atoms with Crippen LogP contribution in [0.4, 0.5) is 14.4 Å². The van der Waals surface area contributed by atoms with Gasteiger partial charge in [0.05, 0.1) is 30.9 Å². The van der Waals surface area contributed by atoms with Gasteiger partial charge in [-0.05, 0) is 36.3 Å². The Hall–Kier alpha value is -4.07. The van der Waals surface area contributed by atoms with Crippen LogP contribution in [0.1, 0.15) is 51.2 Å². The van der Waals surface area contributed by atoms with Crippen LogP contribution in [-0.4, -0.2) is 132 Å². The van der Waals surface area contributed by atoms with E-state index in [0.717, 1.165) is 17.5 Å². The normalized spacial score (nSPS) is 38.5. The molecule has 0 aromatic heterocycles. The van der Waals surface area contributed by atoms with Crippen LogP contribution in [-0.2, 0) is 51.1 Å². The molecule has 0 radical (unpaired) electrons. The number of fused-ring (bicyclic) bond motifs is 3. The number of carbonyl (C=O) groups excluding carboxylic acids is 3. The maximum Gasteiger partial charge on any atom is 0.410 e. The number of hydrogen-bond acceptors (Lipinski definition) is 14. The van der Waals surface area contributed by atoms with Crippen molar-refractivity contribution in [3.05, 3.63) is 71.8 Å². The maximum absolute atomic E-state index is 13.2. The fourth-order valence-electron chi connectivity index (χ4n) is 8.63. The molecular weight excluding hydrogens is 758 g/mol. The molecule has 2 aromatic carbocycles. The molecule has 5 fully saturated rings. The number of ether oxygens (including phenoxy) is 8. The molecule has 5 N–H and O–H groups in total. The van der Waals surface area contributed by atoms with Gasteiger partial charge < -0.3 is 63.8 Å². The summed E-state index contributed by atoms with van der Waals surface area (Å²) in [5.74, 6) is -0.240. The van der Waals surface area contributed by atoms with Gasteiger partial charge in [0.2, 0.25) is 0 Å². The lowest BCUT2D eigenvalue weighted by atomic mass is 9.83. The van der Waals surface area contributed by atoms with E-state index in [1.165, 1.54) is 4.90 Å². The standard InChI is InChI=1S/C41H55N3O14/c1-21-15-22(2)36(54-29(21)18-45)58-38-30-35(57-41(50)44(30)4)34-28(53-38)16-23(3)37(56-34)55-33-27(43-40(49)52-20-25-13-9-6-10-14-25)17-26(31(46)32(33)47)42-39(48)51-19-24-11-7-5-8-12-24/h5-14,21-23,26-38,45-47H,15-20H2,1-4H3,(H,42,48)(H,43,49)/t21-,22?,23?,26+,27?,28-,29?,30?,31?,32+,33+,34?,35?,36+,37-,38?/m0/s1. The van der Waals surface area contributed by atoms with Gasteiger partial charge in [0.1, 0.15) is 43.7 Å². The summed E-state index contributed by atoms with van der Waals surface area (Å²) in [6.07, 6.45) is -10.8. The lowest BCUT2D eigenvalue weighted by molar-refractivity contribution is -0.368. The van der Waals surface area contributed by atoms with Gasteiger partial charge in [-0.1, -0.05) is 81.4 Å². The highest BCUT2D eigenvalue weighted by Crippen LogP contribution is 2.43. The molecule has 1 aliphatic carbocycles. The van der Waals surface area contributed by atoms with Crippen molar-refractivity contribution in [2.24, 2.45) is 17.8 Å². The van der Waals surface area contributed by atoms with E-state index in [0.29, 0.717) is 6.42 Å². The highest BCUT2D eigenvalue weighted by molar-refractivity contribution is 5.71. The second-order valence-corrected chi connectivity index (χ2v) is 16.2. The van der Waals surface area contributed by atoms with Gasteiger partial charge in [0, 0.05) is 18.9 Å². The fraction of sp³-hybridized carbons (Fsp3) is 0.634. The van der Waals surface area contributed by atoms with Crippen molar-refractivity contribution in [3.8, 4) is 0 Å². The Morgan fingerprint density at radius 1 is 0.724 bits per heavy atom. The molecule has 4 saturated heterocycles. The number of aliphatic hydroxyl groups is 3. The van der Waals surface area contributed by atoms with Gasteiger partial charge in [0.15, 0.2) is 25.0 Å². The molecular formula is C41H55N3O14. The summed E-state index contributed by atoms with van der Waals surface area (Å²) in [6, 6.07) is 15.4. The molecule has 4 heterocycles. The van der Waals surface area contributed by atoms with E-state index in [9.17, 15) is 29.7 Å². The van der Waals surface area contributed by atoms with Gasteiger partial charge in [-0.3, -0.25) is 4.90 Å². The second kappa shape index (κ2) is 18.5. The Bertz CT molecular complexity index is 1690. The summed E-state index contributed by atoms with van der Waals surface area (Å²) in [5, 5.41) is 38.2. The SMILES string of the molecule is CC1C[C@@H]2OC(O[C@H]3OC(CO)[C@@H](C)CC3C)C3C(OC(=O)N3C)C2O[C@@H]1O[C@@H]1C(NC(=O)OCc2ccccc2)C[C@@H](NC(=O)OCc2ccccc2)C(O)[C@H]1O. The second-order valence-electron chi connectivity index (χ2n) is 16.2. The third-order valence-electron chi connectivity index (χ3n) is 11.9. The van der Waals surface area contributed by atoms with E-state index in [1.54, 1.807) is 31.3 Å². The van der Waals surface area contributed by atoms with Crippen molar-refractivity contribution < 1.29 is 67.6 Å². The van der Waals surface area contributed by atoms with Crippen LogP contribution in [0.5, 0.6) is 0 Å². The van der Waals surface area contributed by atoms with Crippen LogP contribution in [0.3, 0.4) is 0 Å². The third kappa shape index (κ3) is 9.37. The van der Waals surface area contributed by atoms with Gasteiger partial charge in [0.25, 0.3) is 0 Å². The van der Waals surface area contributed by atoms with E-state index in [-0.39, 0.29) is 44.0 Å². The lowest BCUT2D eigenvalue weighted by Crippen LogP contribution is -2.67. The number of likely N-dealkylation sites (N-methyl/N-ethyl adjacent to an activating group) is 1. The Morgan fingerprint density at radius 2 is 1.31 bits per heavy atom. The Balaban J connectivity index is 1.05. The van der Waals surface area contributed by atoms with E-state index < -0.39 is 98.0 Å². The largest absolute Gasteiger partial charge is 0.445 e. The number of amides is 3. The summed E-state index contributed by atoms with van der Waals surface area (Å²) in [5.41, 5.74) is 1.52. The molecule has 16 atom stereocenters. The zero-order valence-corrected chi connectivity index (χ0v) is 33.0. The van der Waals surface area contributed by atoms with Crippen LogP contribution >= 0.6 is 0 Å². The summed E-state index contributed by atoms with van der Waals surface area (Å²) < 4.78 is 48.8. The number of hydrogen-bond donors (Lipinski definition) is 5. The van der Waals surface area contributed by atoms with E-state index in [4.69, 9.17) is 37.9 Å². The third-order valence-corrected chi connectivity index (χ3v) is 11.9. The van der Waals surface area contributed by atoms with Crippen LogP contribution < -0.4 is 10.6 Å². The van der Waals surface area contributed by atoms with Crippen molar-refractivity contribution in [3.63, 3.8) is 0 Å². The average Bonchev–Trinajstić information content (AvgIpc) is 3.52. The first-order valence-corrected chi connectivity index (χ1v) is 20.0. The first-order valence-electron chi connectivity index (χ1n) is 20.0. The first kappa shape index (κ1) is 42.1. The monoisotopic (exact) mass is 813 g/mol. The number of aliphatic hydroxyl groups excluding tert-OH is 3. The van der Waals surface area contributed by atoms with E-state index >= 15 is 0 Å². The number of carbonyl (C=O) groups is 3. The molecule has 4 aliphatic heterocycles. The molecule has 1 saturated carbocycles. The molecule has 318 valence electrons. The van der Waals surface area contributed by atoms with Crippen LogP contribution in [0.2, 0.25) is 0 Å². The molecule has 17 heteroatoms. The highest BCUT2D eigenvalue weighted by atomic mass is 16.8. The molecule has 5 aliphatic rings. The average molecular weight is 814 g/mol. The molecule has 3 amide bonds. The van der Waals surface area contributed by atoms with Crippen molar-refractivity contribution in [2.45, 2.75) is 133 Å². The number of alkyl carbamates (subject to hydrolysis) is 2. The van der Waals surface area contributed by atoms with Crippen LogP contribution in [0.25, 0.3) is 0 Å². The minimum atomic E-state index is -1.62. The summed E-state index contributed by atoms with van der Waals surface area (Å²) >= 11 is 0. The fourth-order valence-corrected chi connectivity index (χ4v) is 8.63. The summed E-state index contributed by atoms with van der Waals surface area (Å²) in [4.78, 5) is 40.5. The minimum absolute atomic E-state index is 0.00982. The number of nitrogens with zero attached hydrogens (tertiary/aromatic N) is 1. The topological polar surface area (TPSA) is 213 Å². The summed E-state index contributed by atoms with van der Waals surface area (Å²) in [6.45, 7) is 5.70. The van der Waals surface area contributed by atoms with Gasteiger partial charge in [-0.2, -0.15) is 0 Å². The number of benzene rings is 2. The summed E-state index contributed by atoms with van der Waals surface area (Å²) in [7, 11) is 1.59. The van der Waals surface area contributed by atoms with Gasteiger partial charge in [-0.15, -0.1) is 0 Å². The predicted octanol–water partition coefficient (Wildman–Crippen LogP) is 2.78. The Morgan fingerprint density at radius 3 is 1.93 bits per heavy atom. The Labute approximate surface area is 337 Å². The molecule has 0 bridgehead atoms. The van der Waals surface area contributed by atoms with Crippen molar-refractivity contribution in [2.75, 3.05) is 13.7 Å². The smallest absolute Gasteiger partial charge is 0.410 e. The molecule has 9 unspecified atom stereocenters. The first-order chi connectivity index (χ1) is 27.9.